The van der Waals surface area contributed by atoms with Crippen LogP contribution >= 0.6 is 0 Å². The van der Waals surface area contributed by atoms with Gasteiger partial charge in [0, 0.05) is 22.9 Å². The SMILES string of the molecule is Cc1ccc2[nH]c3c(c2c1)Cc1ccccc1C3=O. The van der Waals surface area contributed by atoms with E-state index in [2.05, 4.69) is 30.1 Å². The van der Waals surface area contributed by atoms with Gasteiger partial charge in [0.2, 0.25) is 5.78 Å². The third kappa shape index (κ3) is 1.40. The lowest BCUT2D eigenvalue weighted by molar-refractivity contribution is 0.103. The standard InChI is InChI=1S/C17H13NO/c1-10-6-7-15-13(8-10)14-9-11-4-2-3-5-12(11)17(19)16(14)18-15/h2-8,18H,9H2,1H3. The van der Waals surface area contributed by atoms with Crippen molar-refractivity contribution in [2.24, 2.45) is 0 Å². The molecule has 1 N–H and O–H groups in total. The Morgan fingerprint density at radius 3 is 2.84 bits per heavy atom. The molecular formula is C17H13NO. The van der Waals surface area contributed by atoms with Crippen LogP contribution in [0.15, 0.2) is 42.5 Å². The van der Waals surface area contributed by atoms with Crippen molar-refractivity contribution in [2.75, 3.05) is 0 Å². The summed E-state index contributed by atoms with van der Waals surface area (Å²) in [7, 11) is 0. The fraction of sp³-hybridized carbons (Fsp3) is 0.118. The van der Waals surface area contributed by atoms with Crippen molar-refractivity contribution < 1.29 is 4.79 Å². The largest absolute Gasteiger partial charge is 0.352 e. The third-order valence-electron chi connectivity index (χ3n) is 3.92. The molecule has 0 aliphatic heterocycles. The highest BCUT2D eigenvalue weighted by molar-refractivity contribution is 6.14. The van der Waals surface area contributed by atoms with E-state index in [1.165, 1.54) is 10.9 Å². The molecule has 0 spiro atoms. The molecule has 92 valence electrons. The summed E-state index contributed by atoms with van der Waals surface area (Å²) in [6, 6.07) is 14.2. The Labute approximate surface area is 111 Å². The van der Waals surface area contributed by atoms with Crippen molar-refractivity contribution >= 4 is 16.7 Å². The molecule has 0 unspecified atom stereocenters. The lowest BCUT2D eigenvalue weighted by Crippen LogP contribution is -2.14. The Bertz CT molecular complexity index is 826. The second-order valence-corrected chi connectivity index (χ2v) is 5.19. The molecule has 1 heterocycles. The molecule has 1 aliphatic rings. The lowest BCUT2D eigenvalue weighted by Gasteiger charge is -2.15. The first-order valence-electron chi connectivity index (χ1n) is 6.48. The number of aromatic amines is 1. The van der Waals surface area contributed by atoms with E-state index in [9.17, 15) is 4.79 Å². The number of ketones is 1. The van der Waals surface area contributed by atoms with Crippen molar-refractivity contribution in [1.82, 2.24) is 4.98 Å². The molecule has 0 fully saturated rings. The number of hydrogen-bond acceptors (Lipinski definition) is 1. The zero-order chi connectivity index (χ0) is 13.0. The monoisotopic (exact) mass is 247 g/mol. The van der Waals surface area contributed by atoms with E-state index in [0.29, 0.717) is 0 Å². The Morgan fingerprint density at radius 2 is 1.95 bits per heavy atom. The Morgan fingerprint density at radius 1 is 1.11 bits per heavy atom. The minimum absolute atomic E-state index is 0.116. The molecule has 0 amide bonds. The van der Waals surface area contributed by atoms with Gasteiger partial charge in [0.1, 0.15) is 0 Å². The van der Waals surface area contributed by atoms with Gasteiger partial charge in [0.25, 0.3) is 0 Å². The number of rotatable bonds is 0. The van der Waals surface area contributed by atoms with Gasteiger partial charge in [-0.3, -0.25) is 4.79 Å². The zero-order valence-corrected chi connectivity index (χ0v) is 10.7. The van der Waals surface area contributed by atoms with Gasteiger partial charge in [-0.25, -0.2) is 0 Å². The van der Waals surface area contributed by atoms with Crippen molar-refractivity contribution in [3.05, 3.63) is 70.4 Å². The molecule has 0 radical (unpaired) electrons. The van der Waals surface area contributed by atoms with Gasteiger partial charge in [-0.1, -0.05) is 35.9 Å². The first-order chi connectivity index (χ1) is 9.24. The van der Waals surface area contributed by atoms with E-state index in [1.807, 2.05) is 24.3 Å². The van der Waals surface area contributed by atoms with Crippen LogP contribution in [0.1, 0.15) is 32.7 Å². The van der Waals surface area contributed by atoms with Crippen molar-refractivity contribution in [1.29, 1.82) is 0 Å². The first-order valence-corrected chi connectivity index (χ1v) is 6.48. The fourth-order valence-corrected chi connectivity index (χ4v) is 2.96. The second-order valence-electron chi connectivity index (χ2n) is 5.19. The summed E-state index contributed by atoms with van der Waals surface area (Å²) in [6.07, 6.45) is 0.834. The number of H-pyrrole nitrogens is 1. The first kappa shape index (κ1) is 10.6. The predicted octanol–water partition coefficient (Wildman–Crippen LogP) is 3.61. The van der Waals surface area contributed by atoms with Crippen LogP contribution in [0.5, 0.6) is 0 Å². The van der Waals surface area contributed by atoms with Crippen molar-refractivity contribution in [3.63, 3.8) is 0 Å². The van der Waals surface area contributed by atoms with Gasteiger partial charge in [-0.2, -0.15) is 0 Å². The van der Waals surface area contributed by atoms with Crippen molar-refractivity contribution in [3.8, 4) is 0 Å². The molecule has 19 heavy (non-hydrogen) atoms. The van der Waals surface area contributed by atoms with Gasteiger partial charge in [-0.15, -0.1) is 0 Å². The van der Waals surface area contributed by atoms with Gasteiger partial charge in [0.05, 0.1) is 5.69 Å². The number of benzene rings is 2. The molecule has 2 heteroatoms. The van der Waals surface area contributed by atoms with Gasteiger partial charge < -0.3 is 4.98 Å². The van der Waals surface area contributed by atoms with E-state index < -0.39 is 0 Å². The molecule has 4 rings (SSSR count). The highest BCUT2D eigenvalue weighted by Gasteiger charge is 2.26. The maximum atomic E-state index is 12.5. The summed E-state index contributed by atoms with van der Waals surface area (Å²) in [4.78, 5) is 15.8. The predicted molar refractivity (Wildman–Crippen MR) is 75.7 cm³/mol. The van der Waals surface area contributed by atoms with E-state index in [0.717, 1.165) is 34.3 Å². The number of carbonyl (C=O) groups excluding carboxylic acids is 1. The topological polar surface area (TPSA) is 32.9 Å². The second kappa shape index (κ2) is 3.58. The summed E-state index contributed by atoms with van der Waals surface area (Å²) in [5.74, 6) is 0.116. The highest BCUT2D eigenvalue weighted by atomic mass is 16.1. The molecule has 0 saturated carbocycles. The molecule has 1 aromatic heterocycles. The minimum Gasteiger partial charge on any atom is -0.352 e. The van der Waals surface area contributed by atoms with Gasteiger partial charge in [0.15, 0.2) is 0 Å². The average Bonchev–Trinajstić information content (AvgIpc) is 2.78. The van der Waals surface area contributed by atoms with E-state index in [4.69, 9.17) is 0 Å². The molecule has 2 nitrogen and oxygen atoms in total. The van der Waals surface area contributed by atoms with Crippen LogP contribution in [0.4, 0.5) is 0 Å². The van der Waals surface area contributed by atoms with Crippen molar-refractivity contribution in [2.45, 2.75) is 13.3 Å². The van der Waals surface area contributed by atoms with E-state index in [-0.39, 0.29) is 5.78 Å². The number of hydrogen-bond donors (Lipinski definition) is 1. The van der Waals surface area contributed by atoms with E-state index in [1.54, 1.807) is 0 Å². The molecule has 0 saturated heterocycles. The Hall–Kier alpha value is -2.35. The summed E-state index contributed by atoms with van der Waals surface area (Å²) >= 11 is 0. The van der Waals surface area contributed by atoms with Crippen LogP contribution in [-0.4, -0.2) is 10.8 Å². The van der Waals surface area contributed by atoms with Gasteiger partial charge in [-0.05, 0) is 30.2 Å². The fourth-order valence-electron chi connectivity index (χ4n) is 2.96. The number of aryl methyl sites for hydroxylation is 1. The number of carbonyl (C=O) groups is 1. The maximum Gasteiger partial charge on any atom is 0.209 e. The molecule has 1 aliphatic carbocycles. The van der Waals surface area contributed by atoms with Crippen LogP contribution in [0, 0.1) is 6.92 Å². The Kier molecular flexibility index (Phi) is 1.99. The van der Waals surface area contributed by atoms with Crippen LogP contribution in [0.25, 0.3) is 10.9 Å². The molecule has 0 bridgehead atoms. The van der Waals surface area contributed by atoms with Crippen LogP contribution < -0.4 is 0 Å². The summed E-state index contributed by atoms with van der Waals surface area (Å²) in [6.45, 7) is 2.08. The van der Waals surface area contributed by atoms with Crippen LogP contribution in [0.3, 0.4) is 0 Å². The normalized spacial score (nSPS) is 13.4. The summed E-state index contributed by atoms with van der Waals surface area (Å²) < 4.78 is 0. The van der Waals surface area contributed by atoms with Gasteiger partial charge >= 0.3 is 0 Å². The highest BCUT2D eigenvalue weighted by Crippen LogP contribution is 2.32. The third-order valence-corrected chi connectivity index (χ3v) is 3.92. The smallest absolute Gasteiger partial charge is 0.209 e. The maximum absolute atomic E-state index is 12.5. The number of nitrogens with one attached hydrogen (secondary N) is 1. The number of aromatic nitrogens is 1. The van der Waals surface area contributed by atoms with Crippen LogP contribution in [-0.2, 0) is 6.42 Å². The molecule has 3 aromatic rings. The zero-order valence-electron chi connectivity index (χ0n) is 10.7. The molecular weight excluding hydrogens is 234 g/mol. The molecule has 0 atom stereocenters. The lowest BCUT2D eigenvalue weighted by atomic mass is 9.88. The number of fused-ring (bicyclic) bond motifs is 4. The quantitative estimate of drug-likeness (QED) is 0.506. The Balaban J connectivity index is 2.04. The van der Waals surface area contributed by atoms with E-state index >= 15 is 0 Å². The average molecular weight is 247 g/mol. The summed E-state index contributed by atoms with van der Waals surface area (Å²) in [5.41, 5.74) is 6.14. The molecule has 2 aromatic carbocycles. The summed E-state index contributed by atoms with van der Waals surface area (Å²) in [5, 5.41) is 1.18. The van der Waals surface area contributed by atoms with Crippen LogP contribution in [0.2, 0.25) is 0 Å². The minimum atomic E-state index is 0.116.